The second-order valence-corrected chi connectivity index (χ2v) is 8.90. The highest BCUT2D eigenvalue weighted by Gasteiger charge is 2.18. The van der Waals surface area contributed by atoms with Gasteiger partial charge in [-0.2, -0.15) is 5.10 Å². The van der Waals surface area contributed by atoms with E-state index in [-0.39, 0.29) is 28.2 Å². The quantitative estimate of drug-likeness (QED) is 0.226. The third kappa shape index (κ3) is 4.93. The Morgan fingerprint density at radius 3 is 2.34 bits per heavy atom. The topological polar surface area (TPSA) is 90.9 Å². The summed E-state index contributed by atoms with van der Waals surface area (Å²) in [4.78, 5) is 25.6. The Balaban J connectivity index is 1.41. The van der Waals surface area contributed by atoms with Crippen molar-refractivity contribution < 1.29 is 9.21 Å². The number of ketones is 1. The number of fused-ring (bicyclic) bond motifs is 1. The van der Waals surface area contributed by atoms with Crippen LogP contribution in [0.1, 0.15) is 28.4 Å². The van der Waals surface area contributed by atoms with Gasteiger partial charge >= 0.3 is 0 Å². The summed E-state index contributed by atoms with van der Waals surface area (Å²) >= 11 is 1.18. The van der Waals surface area contributed by atoms with Crippen molar-refractivity contribution in [3.63, 3.8) is 0 Å². The molecule has 0 aliphatic heterocycles. The molecule has 2 aromatic heterocycles. The number of aryl methyl sites for hydroxylation is 1. The van der Waals surface area contributed by atoms with E-state index < -0.39 is 0 Å². The molecule has 8 heteroatoms. The minimum absolute atomic E-state index is 0.0163. The van der Waals surface area contributed by atoms with Crippen molar-refractivity contribution in [2.24, 2.45) is 0 Å². The van der Waals surface area contributed by atoms with Crippen LogP contribution >= 0.6 is 11.8 Å². The summed E-state index contributed by atoms with van der Waals surface area (Å²) in [6, 6.07) is 24.5. The van der Waals surface area contributed by atoms with Crippen LogP contribution in [0.5, 0.6) is 0 Å². The second kappa shape index (κ2) is 10.1. The lowest BCUT2D eigenvalue weighted by Crippen LogP contribution is -2.24. The average molecular weight is 483 g/mol. The van der Waals surface area contributed by atoms with Crippen molar-refractivity contribution in [3.8, 4) is 11.6 Å². The monoisotopic (exact) mass is 482 g/mol. The second-order valence-electron chi connectivity index (χ2n) is 7.98. The van der Waals surface area contributed by atoms with E-state index in [1.165, 1.54) is 22.0 Å². The lowest BCUT2D eigenvalue weighted by atomic mass is 10.1. The molecule has 0 saturated heterocycles. The molecule has 0 fully saturated rings. The third-order valence-corrected chi connectivity index (χ3v) is 6.48. The number of rotatable bonds is 8. The molecule has 5 rings (SSSR count). The number of carbonyl (C=O) groups is 1. The van der Waals surface area contributed by atoms with E-state index in [1.54, 1.807) is 6.07 Å². The normalized spacial score (nSPS) is 11.1. The summed E-state index contributed by atoms with van der Waals surface area (Å²) < 4.78 is 7.27. The van der Waals surface area contributed by atoms with Gasteiger partial charge in [0.25, 0.3) is 16.7 Å². The predicted octanol–water partition coefficient (Wildman–Crippen LogP) is 5.03. The van der Waals surface area contributed by atoms with Crippen LogP contribution in [-0.4, -0.2) is 31.5 Å². The average Bonchev–Trinajstić information content (AvgIpc) is 3.38. The summed E-state index contributed by atoms with van der Waals surface area (Å²) in [5, 5.41) is 14.2. The largest absolute Gasteiger partial charge is 0.409 e. The number of carbonyl (C=O) groups excluding carboxylic acids is 1. The maximum absolute atomic E-state index is 13.1. The van der Waals surface area contributed by atoms with E-state index in [1.807, 2.05) is 72.8 Å². The van der Waals surface area contributed by atoms with Crippen molar-refractivity contribution in [1.29, 1.82) is 0 Å². The molecule has 7 nitrogen and oxygen atoms in total. The molecule has 3 aromatic carbocycles. The first-order chi connectivity index (χ1) is 17.1. The van der Waals surface area contributed by atoms with Gasteiger partial charge in [-0.25, -0.2) is 4.68 Å². The molecule has 0 unspecified atom stereocenters. The van der Waals surface area contributed by atoms with E-state index in [4.69, 9.17) is 4.42 Å². The molecule has 0 N–H and O–H groups in total. The molecule has 0 aliphatic rings. The maximum Gasteiger partial charge on any atom is 0.277 e. The Hall–Kier alpha value is -4.04. The molecule has 0 amide bonds. The van der Waals surface area contributed by atoms with Crippen molar-refractivity contribution in [2.45, 2.75) is 25.1 Å². The first kappa shape index (κ1) is 22.7. The Bertz CT molecular complexity index is 1540. The molecule has 0 saturated carbocycles. The third-order valence-electron chi connectivity index (χ3n) is 5.66. The summed E-state index contributed by atoms with van der Waals surface area (Å²) in [5.74, 6) is 0.358. The lowest BCUT2D eigenvalue weighted by Gasteiger charge is -2.09. The first-order valence-electron chi connectivity index (χ1n) is 11.2. The number of Topliss-reactive ketones (excluding diaryl/α,β-unsaturated/α-hetero) is 1. The van der Waals surface area contributed by atoms with Crippen LogP contribution < -0.4 is 5.56 Å². The van der Waals surface area contributed by atoms with Gasteiger partial charge in [-0.15, -0.1) is 10.2 Å². The summed E-state index contributed by atoms with van der Waals surface area (Å²) in [6.45, 7) is 2.39. The minimum Gasteiger partial charge on any atom is -0.409 e. The van der Waals surface area contributed by atoms with Crippen molar-refractivity contribution >= 4 is 28.3 Å². The number of thioether (sulfide) groups is 1. The van der Waals surface area contributed by atoms with Crippen LogP contribution in [-0.2, 0) is 13.0 Å². The molecular formula is C27H22N4O3S. The summed E-state index contributed by atoms with van der Waals surface area (Å²) in [6.07, 6.45) is 0.926. The van der Waals surface area contributed by atoms with Gasteiger partial charge in [0.15, 0.2) is 11.5 Å². The Morgan fingerprint density at radius 1 is 0.886 bits per heavy atom. The Kier molecular flexibility index (Phi) is 6.54. The standard InChI is InChI=1S/C27H22N4O3S/c1-2-18-12-14-20(15-13-18)23(32)17-35-27-29-28-25(34-27)24-21-10-6-7-11-22(21)26(33)31(30-24)16-19-8-4-3-5-9-19/h3-15H,2,16-17H2,1H3. The number of hydrogen-bond acceptors (Lipinski definition) is 7. The minimum atomic E-state index is -0.193. The van der Waals surface area contributed by atoms with Crippen LogP contribution in [0.4, 0.5) is 0 Å². The van der Waals surface area contributed by atoms with Gasteiger partial charge < -0.3 is 4.42 Å². The summed E-state index contributed by atoms with van der Waals surface area (Å²) in [7, 11) is 0. The van der Waals surface area contributed by atoms with E-state index in [2.05, 4.69) is 22.2 Å². The predicted molar refractivity (Wildman–Crippen MR) is 136 cm³/mol. The van der Waals surface area contributed by atoms with Gasteiger partial charge in [-0.3, -0.25) is 9.59 Å². The number of benzene rings is 3. The van der Waals surface area contributed by atoms with Gasteiger partial charge in [0.1, 0.15) is 0 Å². The number of hydrogen-bond donors (Lipinski definition) is 0. The van der Waals surface area contributed by atoms with Crippen LogP contribution in [0.15, 0.2) is 93.3 Å². The van der Waals surface area contributed by atoms with Gasteiger partial charge in [0, 0.05) is 10.9 Å². The fraction of sp³-hybridized carbons (Fsp3) is 0.148. The zero-order chi connectivity index (χ0) is 24.2. The molecule has 0 radical (unpaired) electrons. The highest BCUT2D eigenvalue weighted by atomic mass is 32.2. The zero-order valence-corrected chi connectivity index (χ0v) is 19.9. The molecule has 174 valence electrons. The Labute approximate surface area is 205 Å². The zero-order valence-electron chi connectivity index (χ0n) is 19.0. The van der Waals surface area contributed by atoms with Crippen LogP contribution in [0, 0.1) is 0 Å². The summed E-state index contributed by atoms with van der Waals surface area (Å²) in [5.41, 5.74) is 3.02. The van der Waals surface area contributed by atoms with Crippen LogP contribution in [0.2, 0.25) is 0 Å². The van der Waals surface area contributed by atoms with Crippen molar-refractivity contribution in [3.05, 3.63) is 106 Å². The van der Waals surface area contributed by atoms with Gasteiger partial charge in [-0.05, 0) is 23.6 Å². The molecule has 0 bridgehead atoms. The fourth-order valence-electron chi connectivity index (χ4n) is 3.76. The fourth-order valence-corrected chi connectivity index (χ4v) is 4.42. The van der Waals surface area contributed by atoms with Crippen LogP contribution in [0.25, 0.3) is 22.4 Å². The van der Waals surface area contributed by atoms with Crippen LogP contribution in [0.3, 0.4) is 0 Å². The molecule has 35 heavy (non-hydrogen) atoms. The first-order valence-corrected chi connectivity index (χ1v) is 12.2. The highest BCUT2D eigenvalue weighted by Crippen LogP contribution is 2.27. The lowest BCUT2D eigenvalue weighted by molar-refractivity contribution is 0.102. The molecular weight excluding hydrogens is 460 g/mol. The van der Waals surface area contributed by atoms with Gasteiger partial charge in [0.05, 0.1) is 17.7 Å². The maximum atomic E-state index is 13.1. The molecule has 5 aromatic rings. The number of nitrogens with zero attached hydrogens (tertiary/aromatic N) is 4. The van der Waals surface area contributed by atoms with E-state index >= 15 is 0 Å². The van der Waals surface area contributed by atoms with E-state index in [9.17, 15) is 9.59 Å². The molecule has 0 atom stereocenters. The number of aromatic nitrogens is 4. The highest BCUT2D eigenvalue weighted by molar-refractivity contribution is 7.99. The Morgan fingerprint density at radius 2 is 1.60 bits per heavy atom. The molecule has 2 heterocycles. The van der Waals surface area contributed by atoms with E-state index in [0.29, 0.717) is 28.6 Å². The molecule has 0 spiro atoms. The van der Waals surface area contributed by atoms with Crippen molar-refractivity contribution in [1.82, 2.24) is 20.0 Å². The SMILES string of the molecule is CCc1ccc(C(=O)CSc2nnc(-c3nn(Cc4ccccc4)c(=O)c4ccccc34)o2)cc1. The molecule has 0 aliphatic carbocycles. The smallest absolute Gasteiger partial charge is 0.277 e. The van der Waals surface area contributed by atoms with E-state index in [0.717, 1.165) is 12.0 Å². The van der Waals surface area contributed by atoms with Gasteiger partial charge in [0.2, 0.25) is 0 Å². The van der Waals surface area contributed by atoms with Crippen molar-refractivity contribution in [2.75, 3.05) is 5.75 Å². The van der Waals surface area contributed by atoms with Gasteiger partial charge in [-0.1, -0.05) is 91.5 Å².